The van der Waals surface area contributed by atoms with Gasteiger partial charge in [0.2, 0.25) is 0 Å². The van der Waals surface area contributed by atoms with E-state index in [0.717, 1.165) is 35.1 Å². The van der Waals surface area contributed by atoms with Gasteiger partial charge in [0.1, 0.15) is 0 Å². The van der Waals surface area contributed by atoms with Gasteiger partial charge in [0.15, 0.2) is 0 Å². The molecule has 0 amide bonds. The van der Waals surface area contributed by atoms with E-state index in [1.807, 2.05) is 11.3 Å². The molecule has 0 saturated heterocycles. The summed E-state index contributed by atoms with van der Waals surface area (Å²) in [5.41, 5.74) is 17.4. The SMILES string of the molecule is C/C(=C\C=C(/C)N(c1ccc(-c2ccc3c(c2)-c2ccccc2C32C3CC4CC(C3)CC2C4)c(-c2ccccc2)c1)c1cccc2sc3ccccc3c12)c1ccccc1. The molecule has 7 aromatic carbocycles. The zero-order valence-electron chi connectivity index (χ0n) is 34.4. The first kappa shape index (κ1) is 35.9. The molecule has 5 aliphatic rings. The first-order valence-electron chi connectivity index (χ1n) is 22.1. The van der Waals surface area contributed by atoms with Gasteiger partial charge in [-0.15, -0.1) is 11.3 Å². The number of nitrogens with zero attached hydrogens (tertiary/aromatic N) is 1. The van der Waals surface area contributed by atoms with E-state index in [9.17, 15) is 0 Å². The molecule has 0 radical (unpaired) electrons. The smallest absolute Gasteiger partial charge is 0.0551 e. The van der Waals surface area contributed by atoms with E-state index in [-0.39, 0.29) is 5.41 Å². The summed E-state index contributed by atoms with van der Waals surface area (Å²) in [7, 11) is 0. The second-order valence-electron chi connectivity index (χ2n) is 18.2. The van der Waals surface area contributed by atoms with Crippen LogP contribution in [-0.4, -0.2) is 0 Å². The Hall–Kier alpha value is -5.96. The molecule has 1 heterocycles. The van der Waals surface area contributed by atoms with Crippen LogP contribution in [0.3, 0.4) is 0 Å². The van der Waals surface area contributed by atoms with Crippen LogP contribution in [0.15, 0.2) is 182 Å². The molecule has 8 aromatic rings. The fourth-order valence-corrected chi connectivity index (χ4v) is 13.8. The van der Waals surface area contributed by atoms with Crippen LogP contribution in [0.1, 0.15) is 62.6 Å². The lowest BCUT2D eigenvalue weighted by atomic mass is 9.43. The van der Waals surface area contributed by atoms with E-state index in [4.69, 9.17) is 0 Å². The number of hydrogen-bond donors (Lipinski definition) is 0. The molecule has 13 rings (SSSR count). The third-order valence-electron chi connectivity index (χ3n) is 15.0. The molecule has 2 heteroatoms. The quantitative estimate of drug-likeness (QED) is 0.145. The van der Waals surface area contributed by atoms with Gasteiger partial charge in [0, 0.05) is 37.0 Å². The summed E-state index contributed by atoms with van der Waals surface area (Å²) >= 11 is 1.88. The molecular formula is C58H49NS. The topological polar surface area (TPSA) is 3.24 Å². The summed E-state index contributed by atoms with van der Waals surface area (Å²) in [4.78, 5) is 2.49. The largest absolute Gasteiger partial charge is 0.314 e. The Morgan fingerprint density at radius 3 is 2.02 bits per heavy atom. The zero-order valence-corrected chi connectivity index (χ0v) is 35.3. The van der Waals surface area contributed by atoms with Crippen molar-refractivity contribution < 1.29 is 0 Å². The Morgan fingerprint density at radius 2 is 1.22 bits per heavy atom. The highest BCUT2D eigenvalue weighted by molar-refractivity contribution is 7.26. The Bertz CT molecular complexity index is 2990. The standard InChI is InChI=1S/C58H49NS/c1-37(41-14-5-3-6-15-41)24-25-38(2)59(54-21-13-23-56-57(54)49-19-10-12-22-55(49)60-56)46-27-28-47(50(36-46)42-16-7-4-8-17-42)43-26-29-53-51(35-43)48-18-9-11-20-52(48)58(53)44-31-39-30-40(33-44)34-45(58)32-39/h3-29,35-36,39-40,44-45H,30-34H2,1-2H3/b37-24+,38-25+. The van der Waals surface area contributed by atoms with Crippen molar-refractivity contribution in [2.75, 3.05) is 4.90 Å². The molecule has 1 spiro atoms. The fourth-order valence-electron chi connectivity index (χ4n) is 12.7. The third kappa shape index (κ3) is 5.50. The predicted octanol–water partition coefficient (Wildman–Crippen LogP) is 16.3. The molecule has 0 atom stereocenters. The molecule has 0 aliphatic heterocycles. The lowest BCUT2D eigenvalue weighted by Gasteiger charge is -2.61. The van der Waals surface area contributed by atoms with Crippen LogP contribution in [0.5, 0.6) is 0 Å². The number of rotatable bonds is 7. The van der Waals surface area contributed by atoms with Gasteiger partial charge in [-0.2, -0.15) is 0 Å². The van der Waals surface area contributed by atoms with Crippen molar-refractivity contribution in [1.82, 2.24) is 0 Å². The van der Waals surface area contributed by atoms with E-state index in [1.54, 1.807) is 11.1 Å². The summed E-state index contributed by atoms with van der Waals surface area (Å²) in [6.45, 7) is 4.47. The van der Waals surface area contributed by atoms with Gasteiger partial charge in [-0.05, 0) is 168 Å². The van der Waals surface area contributed by atoms with Crippen LogP contribution < -0.4 is 4.90 Å². The van der Waals surface area contributed by atoms with Crippen LogP contribution in [0.4, 0.5) is 11.4 Å². The Labute approximate surface area is 358 Å². The van der Waals surface area contributed by atoms with Gasteiger partial charge in [0.05, 0.1) is 5.69 Å². The van der Waals surface area contributed by atoms with E-state index >= 15 is 0 Å². The van der Waals surface area contributed by atoms with Crippen LogP contribution >= 0.6 is 11.3 Å². The molecule has 1 nitrogen and oxygen atoms in total. The lowest BCUT2D eigenvalue weighted by molar-refractivity contribution is -0.0399. The maximum atomic E-state index is 2.57. The Morgan fingerprint density at radius 1 is 0.533 bits per heavy atom. The van der Waals surface area contributed by atoms with Gasteiger partial charge in [0.25, 0.3) is 0 Å². The number of fused-ring (bicyclic) bond motifs is 6. The van der Waals surface area contributed by atoms with E-state index in [0.29, 0.717) is 0 Å². The molecule has 0 unspecified atom stereocenters. The Balaban J connectivity index is 1.04. The average Bonchev–Trinajstić information content (AvgIpc) is 3.82. The van der Waals surface area contributed by atoms with Crippen molar-refractivity contribution in [1.29, 1.82) is 0 Å². The van der Waals surface area contributed by atoms with Crippen molar-refractivity contribution in [3.8, 4) is 33.4 Å². The highest BCUT2D eigenvalue weighted by Crippen LogP contribution is 2.69. The van der Waals surface area contributed by atoms with Gasteiger partial charge in [-0.25, -0.2) is 0 Å². The highest BCUT2D eigenvalue weighted by Gasteiger charge is 2.61. The predicted molar refractivity (Wildman–Crippen MR) is 256 cm³/mol. The highest BCUT2D eigenvalue weighted by atomic mass is 32.1. The second-order valence-corrected chi connectivity index (χ2v) is 19.3. The average molecular weight is 792 g/mol. The normalized spacial score (nSPS) is 22.8. The van der Waals surface area contributed by atoms with Crippen LogP contribution in [0.2, 0.25) is 0 Å². The molecule has 4 bridgehead atoms. The minimum atomic E-state index is 0.175. The lowest BCUT2D eigenvalue weighted by Crippen LogP contribution is -2.55. The molecule has 292 valence electrons. The summed E-state index contributed by atoms with van der Waals surface area (Å²) in [6, 6.07) is 61.7. The molecule has 0 N–H and O–H groups in total. The van der Waals surface area contributed by atoms with E-state index in [2.05, 4.69) is 195 Å². The van der Waals surface area contributed by atoms with Crippen LogP contribution in [-0.2, 0) is 5.41 Å². The van der Waals surface area contributed by atoms with Crippen LogP contribution in [0.25, 0.3) is 59.1 Å². The molecule has 1 aromatic heterocycles. The van der Waals surface area contributed by atoms with E-state index < -0.39 is 0 Å². The van der Waals surface area contributed by atoms with Crippen LogP contribution in [0, 0.1) is 23.7 Å². The second kappa shape index (κ2) is 14.1. The van der Waals surface area contributed by atoms with E-state index in [1.165, 1.54) is 102 Å². The number of anilines is 2. The van der Waals surface area contributed by atoms with Crippen molar-refractivity contribution in [2.45, 2.75) is 51.4 Å². The summed E-state index contributed by atoms with van der Waals surface area (Å²) in [5, 5.41) is 2.60. The van der Waals surface area contributed by atoms with Crippen molar-refractivity contribution in [3.05, 3.63) is 198 Å². The number of allylic oxidation sites excluding steroid dienone is 4. The molecule has 4 fully saturated rings. The number of hydrogen-bond acceptors (Lipinski definition) is 2. The zero-order chi connectivity index (χ0) is 40.0. The fraction of sp³-hybridized carbons (Fsp3) is 0.207. The third-order valence-corrected chi connectivity index (χ3v) is 16.1. The van der Waals surface area contributed by atoms with Crippen molar-refractivity contribution in [2.24, 2.45) is 23.7 Å². The minimum Gasteiger partial charge on any atom is -0.314 e. The summed E-state index contributed by atoms with van der Waals surface area (Å²) in [5.74, 6) is 3.40. The van der Waals surface area contributed by atoms with Crippen molar-refractivity contribution >= 4 is 48.5 Å². The first-order valence-corrected chi connectivity index (χ1v) is 22.9. The minimum absolute atomic E-state index is 0.175. The molecule has 4 saturated carbocycles. The molecular weight excluding hydrogens is 743 g/mol. The van der Waals surface area contributed by atoms with Gasteiger partial charge >= 0.3 is 0 Å². The maximum absolute atomic E-state index is 2.57. The Kier molecular flexibility index (Phi) is 8.43. The molecule has 5 aliphatic carbocycles. The number of benzene rings is 7. The maximum Gasteiger partial charge on any atom is 0.0551 e. The van der Waals surface area contributed by atoms with Crippen molar-refractivity contribution in [3.63, 3.8) is 0 Å². The van der Waals surface area contributed by atoms with Gasteiger partial charge in [-0.1, -0.05) is 133 Å². The monoisotopic (exact) mass is 791 g/mol. The molecule has 60 heavy (non-hydrogen) atoms. The number of thiophene rings is 1. The van der Waals surface area contributed by atoms with Gasteiger partial charge < -0.3 is 4.90 Å². The first-order chi connectivity index (χ1) is 29.5. The summed E-state index contributed by atoms with van der Waals surface area (Å²) < 4.78 is 2.62. The van der Waals surface area contributed by atoms with Gasteiger partial charge in [-0.3, -0.25) is 0 Å². The summed E-state index contributed by atoms with van der Waals surface area (Å²) in [6.07, 6.45) is 11.7.